The van der Waals surface area contributed by atoms with Crippen molar-refractivity contribution in [3.63, 3.8) is 0 Å². The highest BCUT2D eigenvalue weighted by Crippen LogP contribution is 2.36. The maximum atomic E-state index is 10.8. The molecule has 1 aliphatic carbocycles. The fraction of sp³-hybridized carbons (Fsp3) is 0.263. The van der Waals surface area contributed by atoms with Crippen LogP contribution in [0.4, 0.5) is 5.69 Å². The number of nitrogens with zero attached hydrogens (tertiary/aromatic N) is 3. The Balaban J connectivity index is 1.53. The van der Waals surface area contributed by atoms with Gasteiger partial charge in [-0.3, -0.25) is 10.1 Å². The molecule has 0 bridgehead atoms. The first-order chi connectivity index (χ1) is 12.6. The van der Waals surface area contributed by atoms with Crippen LogP contribution in [0.15, 0.2) is 34.7 Å². The van der Waals surface area contributed by atoms with Crippen molar-refractivity contribution in [2.75, 3.05) is 0 Å². The largest absolute Gasteiger partial charge is 0.416 e. The van der Waals surface area contributed by atoms with Crippen molar-refractivity contribution in [1.82, 2.24) is 10.2 Å². The summed E-state index contributed by atoms with van der Waals surface area (Å²) in [5.74, 6) is 1.63. The molecule has 1 aromatic carbocycles. The van der Waals surface area contributed by atoms with Crippen LogP contribution in [0.2, 0.25) is 0 Å². The molecule has 2 heterocycles. The summed E-state index contributed by atoms with van der Waals surface area (Å²) in [6.45, 7) is 2.28. The second kappa shape index (κ2) is 6.84. The Labute approximate surface area is 154 Å². The van der Waals surface area contributed by atoms with Gasteiger partial charge >= 0.3 is 0 Å². The molecule has 132 valence electrons. The van der Waals surface area contributed by atoms with Gasteiger partial charge in [0.2, 0.25) is 5.89 Å². The Morgan fingerprint density at radius 2 is 2.19 bits per heavy atom. The van der Waals surface area contributed by atoms with Crippen molar-refractivity contribution < 1.29 is 9.34 Å². The highest BCUT2D eigenvalue weighted by molar-refractivity contribution is 7.15. The van der Waals surface area contributed by atoms with Gasteiger partial charge in [-0.1, -0.05) is 19.1 Å². The lowest BCUT2D eigenvalue weighted by molar-refractivity contribution is -0.384. The fourth-order valence-electron chi connectivity index (χ4n) is 3.12. The van der Waals surface area contributed by atoms with Gasteiger partial charge in [-0.2, -0.15) is 0 Å². The average molecular weight is 367 g/mol. The van der Waals surface area contributed by atoms with Crippen LogP contribution in [0, 0.1) is 16.0 Å². The summed E-state index contributed by atoms with van der Waals surface area (Å²) < 4.78 is 5.74. The zero-order valence-corrected chi connectivity index (χ0v) is 15.0. The molecule has 4 rings (SSSR count). The van der Waals surface area contributed by atoms with Gasteiger partial charge in [-0.05, 0) is 48.4 Å². The van der Waals surface area contributed by atoms with E-state index in [1.807, 2.05) is 0 Å². The molecule has 0 saturated heterocycles. The number of fused-ring (bicyclic) bond motifs is 1. The smallest absolute Gasteiger partial charge is 0.270 e. The van der Waals surface area contributed by atoms with E-state index in [0.717, 1.165) is 23.6 Å². The number of aromatic nitrogens is 2. The van der Waals surface area contributed by atoms with Gasteiger partial charge in [0.05, 0.1) is 9.80 Å². The quantitative estimate of drug-likeness (QED) is 0.478. The topological polar surface area (TPSA) is 82.1 Å². The summed E-state index contributed by atoms with van der Waals surface area (Å²) in [5.41, 5.74) is 2.16. The number of aryl methyl sites for hydroxylation is 1. The van der Waals surface area contributed by atoms with Crippen LogP contribution < -0.4 is 0 Å². The van der Waals surface area contributed by atoms with Crippen molar-refractivity contribution in [3.05, 3.63) is 62.3 Å². The minimum absolute atomic E-state index is 0.0526. The van der Waals surface area contributed by atoms with E-state index in [1.165, 1.54) is 29.0 Å². The molecule has 1 atom stereocenters. The first kappa shape index (κ1) is 16.7. The Morgan fingerprint density at radius 3 is 3.04 bits per heavy atom. The van der Waals surface area contributed by atoms with Crippen LogP contribution in [0.25, 0.3) is 22.9 Å². The van der Waals surface area contributed by atoms with E-state index in [9.17, 15) is 10.1 Å². The van der Waals surface area contributed by atoms with Crippen molar-refractivity contribution in [3.8, 4) is 10.8 Å². The molecule has 0 saturated carbocycles. The van der Waals surface area contributed by atoms with Crippen molar-refractivity contribution in [1.29, 1.82) is 0 Å². The third-order valence-corrected chi connectivity index (χ3v) is 5.71. The molecule has 0 unspecified atom stereocenters. The fourth-order valence-corrected chi connectivity index (χ4v) is 4.25. The molecule has 26 heavy (non-hydrogen) atoms. The summed E-state index contributed by atoms with van der Waals surface area (Å²) in [6, 6.07) is 8.56. The third-order valence-electron chi connectivity index (χ3n) is 4.48. The molecule has 0 N–H and O–H groups in total. The molecule has 1 aliphatic rings. The number of nitro benzene ring substituents is 1. The predicted octanol–water partition coefficient (Wildman–Crippen LogP) is 5.00. The molecular formula is C19H17N3O3S. The lowest BCUT2D eigenvalue weighted by Gasteiger charge is -2.16. The maximum absolute atomic E-state index is 10.8. The van der Waals surface area contributed by atoms with Gasteiger partial charge in [0.15, 0.2) is 0 Å². The van der Waals surface area contributed by atoms with E-state index in [4.69, 9.17) is 4.42 Å². The third kappa shape index (κ3) is 3.43. The van der Waals surface area contributed by atoms with Crippen molar-refractivity contribution >= 4 is 29.2 Å². The van der Waals surface area contributed by atoms with Crippen LogP contribution in [0.5, 0.6) is 0 Å². The molecule has 0 spiro atoms. The first-order valence-corrected chi connectivity index (χ1v) is 9.28. The zero-order valence-electron chi connectivity index (χ0n) is 14.2. The summed E-state index contributed by atoms with van der Waals surface area (Å²) in [7, 11) is 0. The highest BCUT2D eigenvalue weighted by Gasteiger charge is 2.20. The van der Waals surface area contributed by atoms with E-state index in [-0.39, 0.29) is 5.69 Å². The van der Waals surface area contributed by atoms with Crippen LogP contribution >= 0.6 is 11.3 Å². The van der Waals surface area contributed by atoms with E-state index in [0.29, 0.717) is 17.3 Å². The van der Waals surface area contributed by atoms with E-state index < -0.39 is 4.92 Å². The number of hydrogen-bond acceptors (Lipinski definition) is 6. The molecule has 3 aromatic rings. The van der Waals surface area contributed by atoms with E-state index in [2.05, 4.69) is 23.2 Å². The number of thiophene rings is 1. The average Bonchev–Trinajstić information content (AvgIpc) is 3.26. The molecule has 0 aliphatic heterocycles. The van der Waals surface area contributed by atoms with Crippen LogP contribution in [0.3, 0.4) is 0 Å². The van der Waals surface area contributed by atoms with E-state index in [1.54, 1.807) is 35.6 Å². The molecular weight excluding hydrogens is 350 g/mol. The molecule has 0 radical (unpaired) electrons. The van der Waals surface area contributed by atoms with Gasteiger partial charge in [0.25, 0.3) is 11.6 Å². The number of benzene rings is 1. The number of rotatable bonds is 4. The summed E-state index contributed by atoms with van der Waals surface area (Å²) >= 11 is 1.73. The standard InChI is InChI=1S/C19H17N3O3S/c1-12-5-7-16-14(9-12)11-17(26-16)19-21-20-18(25-19)8-6-13-3-2-4-15(10-13)22(23)24/h2-4,6,8,10-12H,5,7,9H2,1H3/b8-6+/t12-/m1/s1. The summed E-state index contributed by atoms with van der Waals surface area (Å²) in [4.78, 5) is 12.8. The molecule has 0 fully saturated rings. The lowest BCUT2D eigenvalue weighted by atomic mass is 9.90. The Morgan fingerprint density at radius 1 is 1.31 bits per heavy atom. The molecule has 7 heteroatoms. The maximum Gasteiger partial charge on any atom is 0.270 e. The van der Waals surface area contributed by atoms with Gasteiger partial charge in [-0.25, -0.2) is 0 Å². The minimum atomic E-state index is -0.415. The molecule has 0 amide bonds. The minimum Gasteiger partial charge on any atom is -0.416 e. The number of hydrogen-bond donors (Lipinski definition) is 0. The molecule has 2 aromatic heterocycles. The number of non-ortho nitro benzene ring substituents is 1. The monoisotopic (exact) mass is 367 g/mol. The van der Waals surface area contributed by atoms with Crippen LogP contribution in [-0.2, 0) is 12.8 Å². The predicted molar refractivity (Wildman–Crippen MR) is 101 cm³/mol. The second-order valence-corrected chi connectivity index (χ2v) is 7.67. The van der Waals surface area contributed by atoms with Crippen LogP contribution in [0.1, 0.15) is 35.2 Å². The Bertz CT molecular complexity index is 990. The Hall–Kier alpha value is -2.80. The molecule has 6 nitrogen and oxygen atoms in total. The normalized spacial score (nSPS) is 16.7. The number of nitro groups is 1. The summed E-state index contributed by atoms with van der Waals surface area (Å²) in [5, 5.41) is 19.0. The first-order valence-electron chi connectivity index (χ1n) is 8.46. The Kier molecular flexibility index (Phi) is 4.38. The van der Waals surface area contributed by atoms with Gasteiger partial charge < -0.3 is 4.42 Å². The second-order valence-electron chi connectivity index (χ2n) is 6.54. The zero-order chi connectivity index (χ0) is 18.1. The summed E-state index contributed by atoms with van der Waals surface area (Å²) in [6.07, 6.45) is 6.86. The SMILES string of the molecule is C[C@@H]1CCc2sc(-c3nnc(/C=C/c4cccc([N+](=O)[O-])c4)o3)cc2C1. The van der Waals surface area contributed by atoms with Gasteiger partial charge in [-0.15, -0.1) is 21.5 Å². The highest BCUT2D eigenvalue weighted by atomic mass is 32.1. The van der Waals surface area contributed by atoms with Crippen molar-refractivity contribution in [2.45, 2.75) is 26.2 Å². The van der Waals surface area contributed by atoms with Crippen LogP contribution in [-0.4, -0.2) is 15.1 Å². The van der Waals surface area contributed by atoms with Crippen molar-refractivity contribution in [2.24, 2.45) is 5.92 Å². The van der Waals surface area contributed by atoms with Gasteiger partial charge in [0.1, 0.15) is 0 Å². The lowest BCUT2D eigenvalue weighted by Crippen LogP contribution is -2.07. The van der Waals surface area contributed by atoms with E-state index >= 15 is 0 Å². The van der Waals surface area contributed by atoms with Gasteiger partial charge in [0, 0.05) is 23.1 Å².